The van der Waals surface area contributed by atoms with Gasteiger partial charge in [-0.2, -0.15) is 0 Å². The number of nitrogens with zero attached hydrogens (tertiary/aromatic N) is 1. The Kier molecular flexibility index (Phi) is 9.77. The third-order valence-electron chi connectivity index (χ3n) is 6.64. The molecule has 0 spiro atoms. The fourth-order valence-corrected chi connectivity index (χ4v) is 5.86. The summed E-state index contributed by atoms with van der Waals surface area (Å²) < 4.78 is 13.4. The van der Waals surface area contributed by atoms with Gasteiger partial charge < -0.3 is 40.3 Å². The summed E-state index contributed by atoms with van der Waals surface area (Å²) in [7, 11) is 0. The fourth-order valence-electron chi connectivity index (χ4n) is 4.52. The fraction of sp³-hybridized carbons (Fsp3) is 0.444. The minimum Gasteiger partial charge on any atom is -0.476 e. The minimum absolute atomic E-state index is 0.0817. The highest BCUT2D eigenvalue weighted by Gasteiger charge is 2.57. The van der Waals surface area contributed by atoms with Gasteiger partial charge in [-0.15, -0.1) is 11.3 Å². The number of aliphatic carboxylic acids is 1. The van der Waals surface area contributed by atoms with Gasteiger partial charge in [-0.1, -0.05) is 41.4 Å². The van der Waals surface area contributed by atoms with Crippen LogP contribution in [0.2, 0.25) is 0 Å². The van der Waals surface area contributed by atoms with E-state index in [0.29, 0.717) is 21.5 Å². The molecule has 0 aliphatic carbocycles. The zero-order chi connectivity index (χ0) is 29.0. The van der Waals surface area contributed by atoms with Crippen LogP contribution in [0.5, 0.6) is 5.75 Å². The summed E-state index contributed by atoms with van der Waals surface area (Å²) in [6, 6.07) is 11.1. The van der Waals surface area contributed by atoms with Crippen LogP contribution < -0.4 is 10.1 Å². The molecule has 0 unspecified atom stereocenters. The maximum Gasteiger partial charge on any atom is 0.377 e. The first-order chi connectivity index (χ1) is 19.1. The number of amides is 1. The van der Waals surface area contributed by atoms with Gasteiger partial charge in [-0.05, 0) is 36.8 Å². The number of rotatable bonds is 11. The number of halogens is 1. The zero-order valence-corrected chi connectivity index (χ0v) is 24.0. The first-order valence-corrected chi connectivity index (χ1v) is 14.4. The number of benzene rings is 2. The average Bonchev–Trinajstić information content (AvgIpc) is 3.37. The van der Waals surface area contributed by atoms with Crippen LogP contribution in [0.1, 0.15) is 32.6 Å². The number of unbranched alkanes of at least 4 members (excludes halogenated alkanes) is 1. The number of para-hydroxylation sites is 1. The van der Waals surface area contributed by atoms with Crippen molar-refractivity contribution in [1.29, 1.82) is 0 Å². The highest BCUT2D eigenvalue weighted by atomic mass is 79.9. The molecule has 1 fully saturated rings. The standard InChI is InChI=1S/C27H31BrN2O9S/c1-2-3-8-21(34)30-22-17(32)12-27(26(36)37,39-24(22)23(35)18(33)13-31)38-19-10-9-14(28)11-15(19)25-29-16-6-4-5-7-20(16)40-25/h4-7,9-11,17-18,22-24,31-33,35H,2-3,8,12-13H2,1H3,(H,30,34)(H,36,37)/t17-,18+,22+,23+,24+,27+/m0/s1. The second-order valence-electron chi connectivity index (χ2n) is 9.58. The van der Waals surface area contributed by atoms with Crippen LogP contribution in [-0.2, 0) is 14.3 Å². The van der Waals surface area contributed by atoms with Gasteiger partial charge in [0, 0.05) is 10.9 Å². The van der Waals surface area contributed by atoms with E-state index in [4.69, 9.17) is 9.47 Å². The van der Waals surface area contributed by atoms with Crippen molar-refractivity contribution in [3.8, 4) is 16.3 Å². The number of carboxylic acid groups (broad SMARTS) is 1. The maximum atomic E-state index is 12.7. The smallest absolute Gasteiger partial charge is 0.377 e. The first-order valence-electron chi connectivity index (χ1n) is 12.8. The number of carbonyl (C=O) groups excluding carboxylic acids is 1. The van der Waals surface area contributed by atoms with Gasteiger partial charge in [-0.25, -0.2) is 9.78 Å². The molecule has 6 atom stereocenters. The number of aliphatic hydroxyl groups excluding tert-OH is 4. The molecular weight excluding hydrogens is 608 g/mol. The first kappa shape index (κ1) is 30.3. The van der Waals surface area contributed by atoms with Crippen LogP contribution in [0, 0.1) is 0 Å². The van der Waals surface area contributed by atoms with Crippen molar-refractivity contribution in [2.45, 2.75) is 68.9 Å². The molecule has 1 aromatic heterocycles. The van der Waals surface area contributed by atoms with Gasteiger partial charge >= 0.3 is 11.8 Å². The lowest BCUT2D eigenvalue weighted by Crippen LogP contribution is -2.68. The van der Waals surface area contributed by atoms with Crippen molar-refractivity contribution in [3.63, 3.8) is 0 Å². The lowest BCUT2D eigenvalue weighted by molar-refractivity contribution is -0.284. The normalized spacial score (nSPS) is 24.4. The van der Waals surface area contributed by atoms with Crippen molar-refractivity contribution in [1.82, 2.24) is 10.3 Å². The van der Waals surface area contributed by atoms with E-state index in [1.165, 1.54) is 17.4 Å². The largest absolute Gasteiger partial charge is 0.476 e. The lowest BCUT2D eigenvalue weighted by Gasteiger charge is -2.46. The van der Waals surface area contributed by atoms with E-state index in [0.717, 1.165) is 16.6 Å². The minimum atomic E-state index is -2.52. The Balaban J connectivity index is 1.72. The lowest BCUT2D eigenvalue weighted by atomic mass is 9.88. The zero-order valence-electron chi connectivity index (χ0n) is 21.6. The number of carbonyl (C=O) groups is 2. The van der Waals surface area contributed by atoms with E-state index in [-0.39, 0.29) is 12.2 Å². The third kappa shape index (κ3) is 6.46. The van der Waals surface area contributed by atoms with E-state index in [1.807, 2.05) is 31.2 Å². The second kappa shape index (κ2) is 12.9. The van der Waals surface area contributed by atoms with Gasteiger partial charge in [0.15, 0.2) is 0 Å². The molecule has 1 amide bonds. The molecule has 2 aromatic carbocycles. The molecule has 0 radical (unpaired) electrons. The highest BCUT2D eigenvalue weighted by Crippen LogP contribution is 2.41. The van der Waals surface area contributed by atoms with Crippen molar-refractivity contribution >= 4 is 49.4 Å². The van der Waals surface area contributed by atoms with E-state index in [9.17, 15) is 35.1 Å². The Bertz CT molecular complexity index is 1320. The predicted octanol–water partition coefficient (Wildman–Crippen LogP) is 2.42. The van der Waals surface area contributed by atoms with Crippen LogP contribution in [0.4, 0.5) is 0 Å². The molecular formula is C27H31BrN2O9S. The molecule has 6 N–H and O–H groups in total. The van der Waals surface area contributed by atoms with Crippen LogP contribution in [0.15, 0.2) is 46.9 Å². The van der Waals surface area contributed by atoms with Gasteiger partial charge in [0.1, 0.15) is 29.1 Å². The van der Waals surface area contributed by atoms with E-state index < -0.39 is 61.1 Å². The average molecular weight is 640 g/mol. The van der Waals surface area contributed by atoms with Gasteiger partial charge in [0.2, 0.25) is 5.91 Å². The quantitative estimate of drug-likeness (QED) is 0.183. The summed E-state index contributed by atoms with van der Waals surface area (Å²) in [4.78, 5) is 29.8. The summed E-state index contributed by atoms with van der Waals surface area (Å²) >= 11 is 4.80. The van der Waals surface area contributed by atoms with Gasteiger partial charge in [-0.3, -0.25) is 4.79 Å². The molecule has 216 valence electrons. The summed E-state index contributed by atoms with van der Waals surface area (Å²) in [5.41, 5.74) is 1.20. The predicted molar refractivity (Wildman–Crippen MR) is 150 cm³/mol. The molecule has 4 rings (SSSR count). The number of nitrogens with one attached hydrogen (secondary N) is 1. The van der Waals surface area contributed by atoms with E-state index in [1.54, 1.807) is 12.1 Å². The Hall–Kier alpha value is -2.65. The molecule has 2 heterocycles. The SMILES string of the molecule is CCCCC(=O)N[C@H]1[C@H]([C@H](O)[C@H](O)CO)O[C@@](Oc2ccc(Br)cc2-c2nc3ccccc3s2)(C(=O)O)C[C@@H]1O. The van der Waals surface area contributed by atoms with E-state index in [2.05, 4.69) is 26.2 Å². The number of ether oxygens (including phenoxy) is 2. The number of fused-ring (bicyclic) bond motifs is 1. The number of thiazole rings is 1. The Morgan fingerprint density at radius 3 is 2.70 bits per heavy atom. The van der Waals surface area contributed by atoms with Crippen molar-refractivity contribution in [2.75, 3.05) is 6.61 Å². The summed E-state index contributed by atoms with van der Waals surface area (Å²) in [6.07, 6.45) is -5.98. The monoisotopic (exact) mass is 638 g/mol. The topological polar surface area (TPSA) is 179 Å². The molecule has 3 aromatic rings. The highest BCUT2D eigenvalue weighted by molar-refractivity contribution is 9.10. The second-order valence-corrected chi connectivity index (χ2v) is 11.5. The molecule has 11 nitrogen and oxygen atoms in total. The third-order valence-corrected chi connectivity index (χ3v) is 8.21. The molecule has 0 bridgehead atoms. The van der Waals surface area contributed by atoms with Gasteiger partial charge in [0.05, 0.1) is 41.0 Å². The van der Waals surface area contributed by atoms with Crippen molar-refractivity contribution in [2.24, 2.45) is 0 Å². The van der Waals surface area contributed by atoms with Crippen LogP contribution >= 0.6 is 27.3 Å². The number of aromatic nitrogens is 1. The van der Waals surface area contributed by atoms with Gasteiger partial charge in [0.25, 0.3) is 0 Å². The molecule has 1 aliphatic rings. The van der Waals surface area contributed by atoms with Crippen molar-refractivity contribution in [3.05, 3.63) is 46.9 Å². The Morgan fingerprint density at radius 2 is 2.02 bits per heavy atom. The molecule has 1 aliphatic heterocycles. The van der Waals surface area contributed by atoms with Crippen LogP contribution in [0.3, 0.4) is 0 Å². The molecule has 13 heteroatoms. The number of hydrogen-bond donors (Lipinski definition) is 6. The Labute approximate surface area is 242 Å². The summed E-state index contributed by atoms with van der Waals surface area (Å²) in [6.45, 7) is 1.03. The molecule has 40 heavy (non-hydrogen) atoms. The van der Waals surface area contributed by atoms with Crippen LogP contribution in [0.25, 0.3) is 20.8 Å². The Morgan fingerprint density at radius 1 is 1.27 bits per heavy atom. The van der Waals surface area contributed by atoms with Crippen LogP contribution in [-0.4, -0.2) is 85.2 Å². The number of hydrogen-bond acceptors (Lipinski definition) is 10. The summed E-state index contributed by atoms with van der Waals surface area (Å²) in [5.74, 6) is -4.49. The maximum absolute atomic E-state index is 12.7. The molecule has 1 saturated heterocycles. The van der Waals surface area contributed by atoms with E-state index >= 15 is 0 Å². The number of aliphatic hydroxyl groups is 4. The molecule has 0 saturated carbocycles. The summed E-state index contributed by atoms with van der Waals surface area (Å²) in [5, 5.41) is 54.9. The number of carboxylic acids is 1. The van der Waals surface area contributed by atoms with Crippen molar-refractivity contribution < 1.29 is 44.6 Å².